The van der Waals surface area contributed by atoms with E-state index in [1.54, 1.807) is 20.8 Å². The Kier molecular flexibility index (Phi) is 8.07. The van der Waals surface area contributed by atoms with Gasteiger partial charge in [0.1, 0.15) is 23.9 Å². The summed E-state index contributed by atoms with van der Waals surface area (Å²) in [6.45, 7) is 6.27. The molecular weight excluding hydrogens is 428 g/mol. The minimum atomic E-state index is -1.67. The lowest BCUT2D eigenvalue weighted by Crippen LogP contribution is -2.57. The zero-order valence-corrected chi connectivity index (χ0v) is 19.2. The zero-order chi connectivity index (χ0) is 24.3. The van der Waals surface area contributed by atoms with Crippen LogP contribution in [0.3, 0.4) is 0 Å². The minimum Gasteiger partial charge on any atom is -0.467 e. The molecule has 0 saturated carbocycles. The van der Waals surface area contributed by atoms with Crippen molar-refractivity contribution >= 4 is 24.0 Å². The average Bonchev–Trinajstić information content (AvgIpc) is 3.07. The third-order valence-electron chi connectivity index (χ3n) is 5.13. The fraction of sp³-hybridized carbons (Fsp3) is 0.800. The maximum absolute atomic E-state index is 12.8. The molecule has 3 N–H and O–H groups in total. The summed E-state index contributed by atoms with van der Waals surface area (Å²) in [5.74, 6) is -2.11. The summed E-state index contributed by atoms with van der Waals surface area (Å²) in [6, 6.07) is -2.06. The van der Waals surface area contributed by atoms with Crippen LogP contribution in [0.4, 0.5) is 4.79 Å². The van der Waals surface area contributed by atoms with Crippen LogP contribution in [-0.2, 0) is 42.8 Å². The van der Waals surface area contributed by atoms with Crippen LogP contribution in [-0.4, -0.2) is 86.4 Å². The average molecular weight is 460 g/mol. The van der Waals surface area contributed by atoms with Crippen molar-refractivity contribution in [2.45, 2.75) is 82.1 Å². The first kappa shape index (κ1) is 25.8. The van der Waals surface area contributed by atoms with E-state index in [4.69, 9.17) is 34.2 Å². The van der Waals surface area contributed by atoms with Crippen molar-refractivity contribution in [3.05, 3.63) is 0 Å². The highest BCUT2D eigenvalue weighted by Crippen LogP contribution is 2.41. The SMILES string of the molecule is COC(=O)[C@H](C[C@]1(C(=O)OC)C[C@H]2OC[C@@H](OC(C)=O)[C@@H](N)[C@H]2O1)NC(=O)OC(C)(C)C. The van der Waals surface area contributed by atoms with Crippen molar-refractivity contribution in [2.24, 2.45) is 5.73 Å². The van der Waals surface area contributed by atoms with Crippen molar-refractivity contribution in [3.8, 4) is 0 Å². The van der Waals surface area contributed by atoms with Gasteiger partial charge in [-0.15, -0.1) is 0 Å². The van der Waals surface area contributed by atoms with E-state index < -0.39 is 65.6 Å². The number of hydrogen-bond acceptors (Lipinski definition) is 11. The highest BCUT2D eigenvalue weighted by molar-refractivity contribution is 5.85. The monoisotopic (exact) mass is 460 g/mol. The minimum absolute atomic E-state index is 0.00826. The molecule has 0 radical (unpaired) electrons. The van der Waals surface area contributed by atoms with Crippen molar-refractivity contribution in [3.63, 3.8) is 0 Å². The molecule has 0 bridgehead atoms. The van der Waals surface area contributed by atoms with Crippen LogP contribution in [0.5, 0.6) is 0 Å². The number of fused-ring (bicyclic) bond motifs is 1. The number of methoxy groups -OCH3 is 2. The summed E-state index contributed by atoms with van der Waals surface area (Å²) in [5.41, 5.74) is 3.75. The molecule has 0 aromatic carbocycles. The van der Waals surface area contributed by atoms with Gasteiger partial charge in [-0.3, -0.25) is 4.79 Å². The number of alkyl carbamates (subject to hydrolysis) is 1. The lowest BCUT2D eigenvalue weighted by Gasteiger charge is -2.36. The van der Waals surface area contributed by atoms with E-state index in [9.17, 15) is 19.2 Å². The van der Waals surface area contributed by atoms with Crippen molar-refractivity contribution in [1.29, 1.82) is 0 Å². The molecule has 2 aliphatic heterocycles. The van der Waals surface area contributed by atoms with Crippen LogP contribution >= 0.6 is 0 Å². The van der Waals surface area contributed by atoms with Crippen molar-refractivity contribution in [1.82, 2.24) is 5.32 Å². The molecule has 12 heteroatoms. The van der Waals surface area contributed by atoms with Crippen molar-refractivity contribution in [2.75, 3.05) is 20.8 Å². The molecule has 0 spiro atoms. The predicted molar refractivity (Wildman–Crippen MR) is 107 cm³/mol. The molecule has 0 aliphatic carbocycles. The number of carbonyl (C=O) groups excluding carboxylic acids is 4. The van der Waals surface area contributed by atoms with Gasteiger partial charge < -0.3 is 39.5 Å². The fourth-order valence-electron chi connectivity index (χ4n) is 3.82. The van der Waals surface area contributed by atoms with Gasteiger partial charge in [0.05, 0.1) is 33.0 Å². The molecule has 0 aromatic heterocycles. The van der Waals surface area contributed by atoms with Gasteiger partial charge >= 0.3 is 24.0 Å². The van der Waals surface area contributed by atoms with E-state index in [1.807, 2.05) is 0 Å². The summed E-state index contributed by atoms with van der Waals surface area (Å²) in [5, 5.41) is 2.42. The third kappa shape index (κ3) is 6.08. The standard InChI is InChI=1S/C20H32N2O10/c1-10(23)30-13-9-29-12-8-20(17(25)28-6,31-15(12)14(13)21)7-11(16(24)27-5)22-18(26)32-19(2,3)4/h11-15H,7-9,21H2,1-6H3,(H,22,26)/t11-,12+,13+,14+,15-,20+/m0/s1. The first-order chi connectivity index (χ1) is 14.8. The molecular formula is C20H32N2O10. The highest BCUT2D eigenvalue weighted by atomic mass is 16.6. The van der Waals surface area contributed by atoms with E-state index in [-0.39, 0.29) is 19.4 Å². The summed E-state index contributed by atoms with van der Waals surface area (Å²) in [4.78, 5) is 48.8. The first-order valence-corrected chi connectivity index (χ1v) is 10.2. The number of nitrogens with two attached hydrogens (primary N) is 1. The Morgan fingerprint density at radius 3 is 2.38 bits per heavy atom. The quantitative estimate of drug-likeness (QED) is 0.399. The van der Waals surface area contributed by atoms with Crippen LogP contribution in [0.15, 0.2) is 0 Å². The van der Waals surface area contributed by atoms with Gasteiger partial charge in [-0.05, 0) is 20.8 Å². The van der Waals surface area contributed by atoms with Crippen LogP contribution in [0.1, 0.15) is 40.5 Å². The fourth-order valence-corrected chi connectivity index (χ4v) is 3.82. The number of amides is 1. The molecule has 12 nitrogen and oxygen atoms in total. The lowest BCUT2D eigenvalue weighted by molar-refractivity contribution is -0.184. The van der Waals surface area contributed by atoms with Gasteiger partial charge in [0.2, 0.25) is 0 Å². The number of ether oxygens (including phenoxy) is 6. The second-order valence-corrected chi connectivity index (χ2v) is 8.80. The second-order valence-electron chi connectivity index (χ2n) is 8.80. The van der Waals surface area contributed by atoms with E-state index >= 15 is 0 Å². The third-order valence-corrected chi connectivity index (χ3v) is 5.13. The summed E-state index contributed by atoms with van der Waals surface area (Å²) in [6.07, 6.45) is -3.37. The summed E-state index contributed by atoms with van der Waals surface area (Å²) >= 11 is 0. The first-order valence-electron chi connectivity index (χ1n) is 10.2. The molecule has 182 valence electrons. The molecule has 2 heterocycles. The Balaban J connectivity index is 2.26. The molecule has 2 aliphatic rings. The molecule has 2 saturated heterocycles. The van der Waals surface area contributed by atoms with E-state index in [0.717, 1.165) is 7.11 Å². The Hall–Kier alpha value is -2.44. The van der Waals surface area contributed by atoms with Crippen LogP contribution in [0, 0.1) is 0 Å². The molecule has 0 unspecified atom stereocenters. The topological polar surface area (TPSA) is 162 Å². The summed E-state index contributed by atoms with van der Waals surface area (Å²) < 4.78 is 31.8. The molecule has 6 atom stereocenters. The Morgan fingerprint density at radius 2 is 1.84 bits per heavy atom. The van der Waals surface area contributed by atoms with Gasteiger partial charge in [0.15, 0.2) is 5.60 Å². The maximum Gasteiger partial charge on any atom is 0.408 e. The second kappa shape index (κ2) is 10.0. The van der Waals surface area contributed by atoms with Crippen LogP contribution < -0.4 is 11.1 Å². The number of hydrogen-bond donors (Lipinski definition) is 2. The van der Waals surface area contributed by atoms with Crippen LogP contribution in [0.25, 0.3) is 0 Å². The number of carbonyl (C=O) groups is 4. The van der Waals surface area contributed by atoms with Gasteiger partial charge in [-0.2, -0.15) is 0 Å². The molecule has 2 rings (SSSR count). The molecule has 2 fully saturated rings. The summed E-state index contributed by atoms with van der Waals surface area (Å²) in [7, 11) is 2.32. The molecule has 0 aromatic rings. The zero-order valence-electron chi connectivity index (χ0n) is 19.2. The molecule has 1 amide bonds. The normalized spacial score (nSPS) is 30.5. The Bertz CT molecular complexity index is 736. The number of rotatable bonds is 6. The predicted octanol–water partition coefficient (Wildman–Crippen LogP) is -0.199. The van der Waals surface area contributed by atoms with E-state index in [1.165, 1.54) is 14.0 Å². The molecule has 32 heavy (non-hydrogen) atoms. The number of esters is 3. The van der Waals surface area contributed by atoms with Gasteiger partial charge in [-0.25, -0.2) is 14.4 Å². The Labute approximate surface area is 186 Å². The smallest absolute Gasteiger partial charge is 0.408 e. The lowest BCUT2D eigenvalue weighted by atomic mass is 9.88. The van der Waals surface area contributed by atoms with Crippen molar-refractivity contribution < 1.29 is 47.6 Å². The highest BCUT2D eigenvalue weighted by Gasteiger charge is 2.59. The largest absolute Gasteiger partial charge is 0.467 e. The van der Waals surface area contributed by atoms with E-state index in [2.05, 4.69) is 5.32 Å². The van der Waals surface area contributed by atoms with Gasteiger partial charge in [-0.1, -0.05) is 0 Å². The van der Waals surface area contributed by atoms with Gasteiger partial charge in [0, 0.05) is 19.8 Å². The number of nitrogens with one attached hydrogen (secondary N) is 1. The van der Waals surface area contributed by atoms with Crippen LogP contribution in [0.2, 0.25) is 0 Å². The maximum atomic E-state index is 12.8. The van der Waals surface area contributed by atoms with E-state index in [0.29, 0.717) is 0 Å². The van der Waals surface area contributed by atoms with Gasteiger partial charge in [0.25, 0.3) is 0 Å². The Morgan fingerprint density at radius 1 is 1.19 bits per heavy atom.